The molecule has 7 nitrogen and oxygen atoms in total. The minimum Gasteiger partial charge on any atom is -0.507 e. The van der Waals surface area contributed by atoms with E-state index in [1.807, 2.05) is 24.3 Å². The number of aliphatic hydroxyl groups excluding tert-OH is 1. The van der Waals surface area contributed by atoms with Gasteiger partial charge in [0.2, 0.25) is 0 Å². The van der Waals surface area contributed by atoms with Crippen LogP contribution in [0.25, 0.3) is 5.76 Å². The number of ketones is 1. The third kappa shape index (κ3) is 4.37. The van der Waals surface area contributed by atoms with E-state index in [4.69, 9.17) is 4.74 Å². The van der Waals surface area contributed by atoms with E-state index >= 15 is 0 Å². The van der Waals surface area contributed by atoms with E-state index in [2.05, 4.69) is 25.8 Å². The quantitative estimate of drug-likeness (QED) is 0.235. The van der Waals surface area contributed by atoms with Gasteiger partial charge in [0.15, 0.2) is 5.13 Å². The lowest BCUT2D eigenvalue weighted by atomic mass is 9.85. The highest BCUT2D eigenvalue weighted by Crippen LogP contribution is 2.44. The Morgan fingerprint density at radius 3 is 2.26 bits per heavy atom. The van der Waals surface area contributed by atoms with E-state index in [0.29, 0.717) is 16.8 Å². The number of methoxy groups -OCH3 is 1. The van der Waals surface area contributed by atoms with Crippen LogP contribution in [0.4, 0.5) is 5.13 Å². The molecule has 1 fully saturated rings. The Labute approximate surface area is 207 Å². The van der Waals surface area contributed by atoms with E-state index < -0.39 is 23.7 Å². The number of benzene rings is 2. The largest absolute Gasteiger partial charge is 0.507 e. The van der Waals surface area contributed by atoms with Crippen LogP contribution in [0.1, 0.15) is 58.9 Å². The van der Waals surface area contributed by atoms with Gasteiger partial charge in [0.1, 0.15) is 10.6 Å². The van der Waals surface area contributed by atoms with Gasteiger partial charge in [0.25, 0.3) is 5.78 Å². The number of aryl methyl sites for hydroxylation is 1. The molecule has 35 heavy (non-hydrogen) atoms. The van der Waals surface area contributed by atoms with Gasteiger partial charge in [-0.2, -0.15) is 0 Å². The minimum absolute atomic E-state index is 0.0304. The Morgan fingerprint density at radius 2 is 1.69 bits per heavy atom. The summed E-state index contributed by atoms with van der Waals surface area (Å²) in [4.78, 5) is 44.7. The molecule has 1 saturated heterocycles. The highest BCUT2D eigenvalue weighted by Gasteiger charge is 2.48. The molecule has 1 amide bonds. The average Bonchev–Trinajstić information content (AvgIpc) is 3.35. The number of amides is 1. The number of esters is 1. The summed E-state index contributed by atoms with van der Waals surface area (Å²) < 4.78 is 4.83. The molecule has 4 rings (SSSR count). The van der Waals surface area contributed by atoms with Crippen LogP contribution in [0.5, 0.6) is 0 Å². The van der Waals surface area contributed by atoms with Crippen molar-refractivity contribution in [2.75, 3.05) is 12.0 Å². The lowest BCUT2D eigenvalue weighted by Crippen LogP contribution is -2.29. The number of aliphatic hydroxyl groups is 1. The molecule has 2 aromatic carbocycles. The van der Waals surface area contributed by atoms with Crippen LogP contribution in [0.3, 0.4) is 0 Å². The Morgan fingerprint density at radius 1 is 1.06 bits per heavy atom. The van der Waals surface area contributed by atoms with Crippen molar-refractivity contribution in [3.8, 4) is 0 Å². The Kier molecular flexibility index (Phi) is 6.34. The maximum Gasteiger partial charge on any atom is 0.350 e. The first-order chi connectivity index (χ1) is 16.5. The van der Waals surface area contributed by atoms with Gasteiger partial charge in [0.05, 0.1) is 24.4 Å². The van der Waals surface area contributed by atoms with Crippen LogP contribution in [0, 0.1) is 6.92 Å². The summed E-state index contributed by atoms with van der Waals surface area (Å²) in [6.45, 7) is 7.92. The fourth-order valence-electron chi connectivity index (χ4n) is 4.03. The molecule has 3 aromatic rings. The van der Waals surface area contributed by atoms with E-state index in [1.165, 1.54) is 12.0 Å². The van der Waals surface area contributed by atoms with E-state index in [9.17, 15) is 19.5 Å². The second-order valence-corrected chi connectivity index (χ2v) is 10.3. The first-order valence-electron chi connectivity index (χ1n) is 11.1. The highest BCUT2D eigenvalue weighted by atomic mass is 32.1. The van der Waals surface area contributed by atoms with Gasteiger partial charge < -0.3 is 9.84 Å². The van der Waals surface area contributed by atoms with Gasteiger partial charge in [-0.15, -0.1) is 0 Å². The standard InChI is InChI=1S/C27H26N2O5S/c1-15-23(25(33)34-5)35-26(28-15)29-20(16-11-13-18(14-12-16)27(2,3)4)19(22(31)24(29)32)21(30)17-9-7-6-8-10-17/h6-14,20,30H,1-5H3/b21-19+/t20-/m1/s1. The first-order valence-corrected chi connectivity index (χ1v) is 11.9. The van der Waals surface area contributed by atoms with Gasteiger partial charge in [-0.05, 0) is 23.5 Å². The number of nitrogens with zero attached hydrogens (tertiary/aromatic N) is 2. The van der Waals surface area contributed by atoms with Crippen molar-refractivity contribution in [1.29, 1.82) is 0 Å². The number of hydrogen-bond donors (Lipinski definition) is 1. The molecule has 2 heterocycles. The molecular formula is C27H26N2O5S. The number of aromatic nitrogens is 1. The van der Waals surface area contributed by atoms with Gasteiger partial charge >= 0.3 is 11.9 Å². The van der Waals surface area contributed by atoms with Crippen LogP contribution in [-0.4, -0.2) is 34.9 Å². The van der Waals surface area contributed by atoms with Crippen LogP contribution in [0.2, 0.25) is 0 Å². The van der Waals surface area contributed by atoms with E-state index in [0.717, 1.165) is 16.9 Å². The number of anilines is 1. The third-order valence-electron chi connectivity index (χ3n) is 5.95. The second kappa shape index (κ2) is 9.11. The molecule has 0 spiro atoms. The zero-order chi connectivity index (χ0) is 25.5. The van der Waals surface area contributed by atoms with Crippen LogP contribution < -0.4 is 4.90 Å². The molecule has 1 aromatic heterocycles. The monoisotopic (exact) mass is 490 g/mol. The fraction of sp³-hybridized carbons (Fsp3) is 0.259. The predicted molar refractivity (Wildman–Crippen MR) is 135 cm³/mol. The fourth-order valence-corrected chi connectivity index (χ4v) is 5.04. The van der Waals surface area contributed by atoms with E-state index in [1.54, 1.807) is 37.3 Å². The maximum atomic E-state index is 13.3. The smallest absolute Gasteiger partial charge is 0.350 e. The van der Waals surface area contributed by atoms with Crippen molar-refractivity contribution < 1.29 is 24.2 Å². The minimum atomic E-state index is -0.916. The number of carbonyl (C=O) groups excluding carboxylic acids is 3. The predicted octanol–water partition coefficient (Wildman–Crippen LogP) is 5.16. The summed E-state index contributed by atoms with van der Waals surface area (Å²) in [7, 11) is 1.27. The third-order valence-corrected chi connectivity index (χ3v) is 7.08. The molecule has 8 heteroatoms. The molecule has 180 valence electrons. The van der Waals surface area contributed by atoms with Crippen molar-refractivity contribution in [3.05, 3.63) is 87.4 Å². The summed E-state index contributed by atoms with van der Waals surface area (Å²) in [6, 6.07) is 15.3. The Bertz CT molecular complexity index is 1330. The molecule has 1 aliphatic heterocycles. The topological polar surface area (TPSA) is 96.8 Å². The SMILES string of the molecule is COC(=O)c1sc(N2C(=O)C(=O)/C(=C(/O)c3ccccc3)[C@H]2c2ccc(C(C)(C)C)cc2)nc1C. The summed E-state index contributed by atoms with van der Waals surface area (Å²) in [5, 5.41) is 11.3. The van der Waals surface area contributed by atoms with Crippen molar-refractivity contribution in [2.24, 2.45) is 0 Å². The lowest BCUT2D eigenvalue weighted by Gasteiger charge is -2.24. The van der Waals surface area contributed by atoms with Crippen LogP contribution >= 0.6 is 11.3 Å². The molecular weight excluding hydrogens is 464 g/mol. The summed E-state index contributed by atoms with van der Waals surface area (Å²) >= 11 is 0.974. The average molecular weight is 491 g/mol. The van der Waals surface area contributed by atoms with Crippen molar-refractivity contribution in [2.45, 2.75) is 39.2 Å². The molecule has 0 saturated carbocycles. The van der Waals surface area contributed by atoms with Crippen LogP contribution in [0.15, 0.2) is 60.2 Å². The van der Waals surface area contributed by atoms with Gasteiger partial charge in [-0.1, -0.05) is 86.7 Å². The number of carbonyl (C=O) groups is 3. The lowest BCUT2D eigenvalue weighted by molar-refractivity contribution is -0.132. The highest BCUT2D eigenvalue weighted by molar-refractivity contribution is 7.17. The number of thiazole rings is 1. The van der Waals surface area contributed by atoms with Gasteiger partial charge in [0, 0.05) is 5.56 Å². The Balaban J connectivity index is 1.93. The second-order valence-electron chi connectivity index (χ2n) is 9.31. The maximum absolute atomic E-state index is 13.3. The van der Waals surface area contributed by atoms with Crippen molar-refractivity contribution in [1.82, 2.24) is 4.98 Å². The van der Waals surface area contributed by atoms with Crippen molar-refractivity contribution >= 4 is 39.9 Å². The zero-order valence-corrected chi connectivity index (χ0v) is 21.0. The zero-order valence-electron chi connectivity index (χ0n) is 20.2. The molecule has 0 bridgehead atoms. The molecule has 1 N–H and O–H groups in total. The number of hydrogen-bond acceptors (Lipinski definition) is 7. The van der Waals surface area contributed by atoms with Crippen LogP contribution in [-0.2, 0) is 19.7 Å². The van der Waals surface area contributed by atoms with Gasteiger partial charge in [-0.25, -0.2) is 9.78 Å². The molecule has 1 atom stereocenters. The number of Topliss-reactive ketones (excluding diaryl/α,β-unsaturated/α-hetero) is 1. The molecule has 0 unspecified atom stereocenters. The molecule has 0 aliphatic carbocycles. The summed E-state index contributed by atoms with van der Waals surface area (Å²) in [6.07, 6.45) is 0. The molecule has 1 aliphatic rings. The number of rotatable bonds is 4. The summed E-state index contributed by atoms with van der Waals surface area (Å²) in [5.74, 6) is -2.47. The van der Waals surface area contributed by atoms with Crippen molar-refractivity contribution in [3.63, 3.8) is 0 Å². The van der Waals surface area contributed by atoms with Gasteiger partial charge in [-0.3, -0.25) is 14.5 Å². The molecule has 0 radical (unpaired) electrons. The number of ether oxygens (including phenoxy) is 1. The Hall–Kier alpha value is -3.78. The van der Waals surface area contributed by atoms with E-state index in [-0.39, 0.29) is 26.8 Å². The summed E-state index contributed by atoms with van der Waals surface area (Å²) in [5.41, 5.74) is 2.42. The normalized spacial score (nSPS) is 17.6. The first kappa shape index (κ1) is 24.3.